The first-order chi connectivity index (χ1) is 6.93. The van der Waals surface area contributed by atoms with Crippen LogP contribution in [0.25, 0.3) is 0 Å². The van der Waals surface area contributed by atoms with Crippen LogP contribution in [0.5, 0.6) is 0 Å². The standard InChI is InChI=1S/C13H21N/c1-2-3-4-5-8-11-14-12-9-6-7-10-13-14/h6-7,9-10,12-13H,2-5,8,11H2,1H3. The van der Waals surface area contributed by atoms with Gasteiger partial charge in [0.2, 0.25) is 0 Å². The molecule has 0 bridgehead atoms. The van der Waals surface area contributed by atoms with E-state index in [9.17, 15) is 0 Å². The summed E-state index contributed by atoms with van der Waals surface area (Å²) in [4.78, 5) is 2.26. The molecular weight excluding hydrogens is 170 g/mol. The lowest BCUT2D eigenvalue weighted by atomic mass is 10.1. The lowest BCUT2D eigenvalue weighted by Crippen LogP contribution is -2.10. The highest BCUT2D eigenvalue weighted by molar-refractivity contribution is 5.15. The summed E-state index contributed by atoms with van der Waals surface area (Å²) in [5.74, 6) is 0. The molecule has 0 saturated heterocycles. The van der Waals surface area contributed by atoms with E-state index in [0.717, 1.165) is 6.54 Å². The molecule has 0 aromatic heterocycles. The SMILES string of the molecule is CCCCCCCN1C=CC=CC=C1. The molecule has 0 radical (unpaired) electrons. The summed E-state index contributed by atoms with van der Waals surface area (Å²) in [6, 6.07) is 0. The summed E-state index contributed by atoms with van der Waals surface area (Å²) < 4.78 is 0. The molecule has 0 fully saturated rings. The molecule has 0 unspecified atom stereocenters. The van der Waals surface area contributed by atoms with E-state index in [1.54, 1.807) is 0 Å². The fourth-order valence-electron chi connectivity index (χ4n) is 1.55. The van der Waals surface area contributed by atoms with Crippen molar-refractivity contribution < 1.29 is 0 Å². The number of hydrogen-bond donors (Lipinski definition) is 0. The largest absolute Gasteiger partial charge is 0.354 e. The average molecular weight is 191 g/mol. The molecule has 1 rings (SSSR count). The smallest absolute Gasteiger partial charge is 0.0219 e. The Morgan fingerprint density at radius 2 is 1.43 bits per heavy atom. The van der Waals surface area contributed by atoms with Gasteiger partial charge in [0, 0.05) is 18.9 Å². The zero-order valence-corrected chi connectivity index (χ0v) is 9.15. The molecule has 0 aliphatic carbocycles. The van der Waals surface area contributed by atoms with Crippen LogP contribution in [0.15, 0.2) is 36.7 Å². The zero-order chi connectivity index (χ0) is 10.1. The molecule has 0 spiro atoms. The number of allylic oxidation sites excluding steroid dienone is 4. The van der Waals surface area contributed by atoms with Gasteiger partial charge in [0.25, 0.3) is 0 Å². The van der Waals surface area contributed by atoms with Crippen LogP contribution in [-0.4, -0.2) is 11.4 Å². The van der Waals surface area contributed by atoms with Crippen LogP contribution in [0.2, 0.25) is 0 Å². The Morgan fingerprint density at radius 1 is 0.786 bits per heavy atom. The number of unbranched alkanes of at least 4 members (excludes halogenated alkanes) is 4. The highest BCUT2D eigenvalue weighted by atomic mass is 15.1. The Kier molecular flexibility index (Phi) is 5.89. The maximum atomic E-state index is 2.26. The molecule has 1 heterocycles. The molecule has 0 aromatic carbocycles. The fourth-order valence-corrected chi connectivity index (χ4v) is 1.55. The van der Waals surface area contributed by atoms with E-state index in [1.807, 2.05) is 0 Å². The van der Waals surface area contributed by atoms with Crippen molar-refractivity contribution in [2.45, 2.75) is 39.0 Å². The summed E-state index contributed by atoms with van der Waals surface area (Å²) >= 11 is 0. The van der Waals surface area contributed by atoms with Gasteiger partial charge >= 0.3 is 0 Å². The van der Waals surface area contributed by atoms with Gasteiger partial charge in [-0.05, 0) is 18.6 Å². The lowest BCUT2D eigenvalue weighted by molar-refractivity contribution is 0.469. The maximum absolute atomic E-state index is 2.26. The third-order valence-corrected chi connectivity index (χ3v) is 2.41. The Bertz CT molecular complexity index is 197. The minimum Gasteiger partial charge on any atom is -0.354 e. The quantitative estimate of drug-likeness (QED) is 0.576. The summed E-state index contributed by atoms with van der Waals surface area (Å²) in [6.07, 6.45) is 19.3. The molecule has 0 amide bonds. The van der Waals surface area contributed by atoms with Gasteiger partial charge in [-0.3, -0.25) is 0 Å². The van der Waals surface area contributed by atoms with Gasteiger partial charge in [0.05, 0.1) is 0 Å². The van der Waals surface area contributed by atoms with Gasteiger partial charge in [-0.25, -0.2) is 0 Å². The molecule has 1 nitrogen and oxygen atoms in total. The predicted octanol–water partition coefficient (Wildman–Crippen LogP) is 3.86. The predicted molar refractivity (Wildman–Crippen MR) is 62.9 cm³/mol. The van der Waals surface area contributed by atoms with E-state index in [4.69, 9.17) is 0 Å². The van der Waals surface area contributed by atoms with Crippen molar-refractivity contribution in [2.24, 2.45) is 0 Å². The monoisotopic (exact) mass is 191 g/mol. The normalized spacial score (nSPS) is 14.8. The Hall–Kier alpha value is -0.980. The van der Waals surface area contributed by atoms with Crippen molar-refractivity contribution in [3.05, 3.63) is 36.7 Å². The summed E-state index contributed by atoms with van der Waals surface area (Å²) in [6.45, 7) is 3.41. The summed E-state index contributed by atoms with van der Waals surface area (Å²) in [7, 11) is 0. The van der Waals surface area contributed by atoms with Crippen LogP contribution in [0.1, 0.15) is 39.0 Å². The first-order valence-electron chi connectivity index (χ1n) is 5.71. The molecule has 78 valence electrons. The maximum Gasteiger partial charge on any atom is 0.0219 e. The van der Waals surface area contributed by atoms with Crippen LogP contribution in [0.4, 0.5) is 0 Å². The Labute approximate surface area is 87.8 Å². The van der Waals surface area contributed by atoms with Crippen molar-refractivity contribution in [2.75, 3.05) is 6.54 Å². The average Bonchev–Trinajstić information content (AvgIpc) is 2.46. The van der Waals surface area contributed by atoms with Crippen molar-refractivity contribution in [1.82, 2.24) is 4.90 Å². The van der Waals surface area contributed by atoms with Crippen LogP contribution in [0.3, 0.4) is 0 Å². The molecule has 0 saturated carbocycles. The molecular formula is C13H21N. The lowest BCUT2D eigenvalue weighted by Gasteiger charge is -2.13. The number of rotatable bonds is 6. The molecule has 1 aliphatic heterocycles. The molecule has 0 N–H and O–H groups in total. The van der Waals surface area contributed by atoms with E-state index < -0.39 is 0 Å². The first kappa shape index (κ1) is 11.1. The second-order valence-electron chi connectivity index (χ2n) is 3.72. The Morgan fingerprint density at radius 3 is 2.07 bits per heavy atom. The third kappa shape index (κ3) is 4.90. The zero-order valence-electron chi connectivity index (χ0n) is 9.15. The van der Waals surface area contributed by atoms with Crippen LogP contribution in [-0.2, 0) is 0 Å². The van der Waals surface area contributed by atoms with Crippen LogP contribution >= 0.6 is 0 Å². The van der Waals surface area contributed by atoms with Crippen molar-refractivity contribution in [3.63, 3.8) is 0 Å². The summed E-state index contributed by atoms with van der Waals surface area (Å²) in [5.41, 5.74) is 0. The molecule has 1 aliphatic rings. The number of hydrogen-bond acceptors (Lipinski definition) is 1. The van der Waals surface area contributed by atoms with Crippen molar-refractivity contribution >= 4 is 0 Å². The van der Waals surface area contributed by atoms with Gasteiger partial charge in [0.1, 0.15) is 0 Å². The fraction of sp³-hybridized carbons (Fsp3) is 0.538. The van der Waals surface area contributed by atoms with Gasteiger partial charge < -0.3 is 4.90 Å². The van der Waals surface area contributed by atoms with Gasteiger partial charge in [-0.15, -0.1) is 0 Å². The minimum atomic E-state index is 1.15. The second kappa shape index (κ2) is 7.43. The Balaban J connectivity index is 2.06. The molecule has 1 heteroatoms. The topological polar surface area (TPSA) is 3.24 Å². The number of nitrogens with zero attached hydrogens (tertiary/aromatic N) is 1. The second-order valence-corrected chi connectivity index (χ2v) is 3.72. The van der Waals surface area contributed by atoms with Gasteiger partial charge in [-0.1, -0.05) is 44.8 Å². The van der Waals surface area contributed by atoms with Crippen molar-refractivity contribution in [3.8, 4) is 0 Å². The highest BCUT2D eigenvalue weighted by Crippen LogP contribution is 2.05. The van der Waals surface area contributed by atoms with Crippen LogP contribution in [0, 0.1) is 0 Å². The van der Waals surface area contributed by atoms with E-state index in [2.05, 4.69) is 48.5 Å². The highest BCUT2D eigenvalue weighted by Gasteiger charge is 1.95. The molecule has 0 aromatic rings. The van der Waals surface area contributed by atoms with Gasteiger partial charge in [-0.2, -0.15) is 0 Å². The minimum absolute atomic E-state index is 1.15. The van der Waals surface area contributed by atoms with Crippen molar-refractivity contribution in [1.29, 1.82) is 0 Å². The van der Waals surface area contributed by atoms with E-state index in [1.165, 1.54) is 32.1 Å². The van der Waals surface area contributed by atoms with E-state index in [-0.39, 0.29) is 0 Å². The van der Waals surface area contributed by atoms with E-state index in [0.29, 0.717) is 0 Å². The first-order valence-corrected chi connectivity index (χ1v) is 5.71. The molecule has 14 heavy (non-hydrogen) atoms. The summed E-state index contributed by atoms with van der Waals surface area (Å²) in [5, 5.41) is 0. The van der Waals surface area contributed by atoms with Gasteiger partial charge in [0.15, 0.2) is 0 Å². The van der Waals surface area contributed by atoms with Crippen LogP contribution < -0.4 is 0 Å². The third-order valence-electron chi connectivity index (χ3n) is 2.41. The molecule has 0 atom stereocenters. The van der Waals surface area contributed by atoms with E-state index >= 15 is 0 Å².